The highest BCUT2D eigenvalue weighted by molar-refractivity contribution is 5.75. The summed E-state index contributed by atoms with van der Waals surface area (Å²) in [6.45, 7) is 7.16. The Morgan fingerprint density at radius 2 is 1.86 bits per heavy atom. The summed E-state index contributed by atoms with van der Waals surface area (Å²) in [6.07, 6.45) is 3.45. The van der Waals surface area contributed by atoms with Gasteiger partial charge in [-0.25, -0.2) is 0 Å². The number of piperazine rings is 1. The van der Waals surface area contributed by atoms with Crippen molar-refractivity contribution in [1.82, 2.24) is 9.91 Å². The molecule has 1 saturated heterocycles. The number of rotatable bonds is 4. The Kier molecular flexibility index (Phi) is 4.36. The van der Waals surface area contributed by atoms with Crippen molar-refractivity contribution in [3.8, 4) is 0 Å². The van der Waals surface area contributed by atoms with E-state index in [2.05, 4.69) is 46.2 Å². The monoisotopic (exact) mass is 283 g/mol. The molecule has 0 amide bonds. The largest absolute Gasteiger partial charge is 0.463 e. The van der Waals surface area contributed by atoms with Gasteiger partial charge in [-0.3, -0.25) is 9.91 Å². The number of benzene rings is 1. The van der Waals surface area contributed by atoms with Crippen LogP contribution < -0.4 is 0 Å². The van der Waals surface area contributed by atoms with Gasteiger partial charge in [0.2, 0.25) is 0 Å². The minimum Gasteiger partial charge on any atom is -0.463 e. The van der Waals surface area contributed by atoms with Gasteiger partial charge in [-0.05, 0) is 24.6 Å². The number of hydrazone groups is 1. The van der Waals surface area contributed by atoms with E-state index in [4.69, 9.17) is 4.42 Å². The van der Waals surface area contributed by atoms with E-state index in [1.54, 1.807) is 12.5 Å². The van der Waals surface area contributed by atoms with Gasteiger partial charge in [0, 0.05) is 32.7 Å². The van der Waals surface area contributed by atoms with E-state index in [9.17, 15) is 0 Å². The van der Waals surface area contributed by atoms with E-state index >= 15 is 0 Å². The van der Waals surface area contributed by atoms with Crippen LogP contribution in [0.25, 0.3) is 0 Å². The molecule has 4 nitrogen and oxygen atoms in total. The molecule has 4 heteroatoms. The maximum Gasteiger partial charge on any atom is 0.146 e. The van der Waals surface area contributed by atoms with Crippen LogP contribution in [0.1, 0.15) is 16.9 Å². The number of hydrogen-bond acceptors (Lipinski definition) is 4. The van der Waals surface area contributed by atoms with Crippen molar-refractivity contribution in [3.05, 3.63) is 59.5 Å². The van der Waals surface area contributed by atoms with Crippen LogP contribution in [0.3, 0.4) is 0 Å². The van der Waals surface area contributed by atoms with Crippen LogP contribution in [0.5, 0.6) is 0 Å². The van der Waals surface area contributed by atoms with Gasteiger partial charge in [0.15, 0.2) is 0 Å². The highest BCUT2D eigenvalue weighted by Gasteiger charge is 2.15. The zero-order chi connectivity index (χ0) is 14.5. The summed E-state index contributed by atoms with van der Waals surface area (Å²) in [5, 5.41) is 6.57. The smallest absolute Gasteiger partial charge is 0.146 e. The highest BCUT2D eigenvalue weighted by Crippen LogP contribution is 2.10. The number of nitrogens with zero attached hydrogens (tertiary/aromatic N) is 3. The second kappa shape index (κ2) is 6.59. The van der Waals surface area contributed by atoms with Crippen molar-refractivity contribution in [3.63, 3.8) is 0 Å². The van der Waals surface area contributed by atoms with Crippen molar-refractivity contribution in [2.45, 2.75) is 13.5 Å². The third kappa shape index (κ3) is 3.95. The lowest BCUT2D eigenvalue weighted by Crippen LogP contribution is -2.43. The minimum atomic E-state index is 0.803. The van der Waals surface area contributed by atoms with Crippen molar-refractivity contribution < 1.29 is 4.42 Å². The third-order valence-electron chi connectivity index (χ3n) is 3.77. The van der Waals surface area contributed by atoms with Gasteiger partial charge in [-0.1, -0.05) is 29.8 Å². The van der Waals surface area contributed by atoms with E-state index in [1.165, 1.54) is 11.1 Å². The second-order valence-electron chi connectivity index (χ2n) is 5.48. The Labute approximate surface area is 125 Å². The van der Waals surface area contributed by atoms with Crippen LogP contribution in [0, 0.1) is 6.92 Å². The van der Waals surface area contributed by atoms with E-state index in [0.717, 1.165) is 38.5 Å². The van der Waals surface area contributed by atoms with Crippen molar-refractivity contribution in [1.29, 1.82) is 0 Å². The van der Waals surface area contributed by atoms with E-state index in [1.807, 2.05) is 12.1 Å². The van der Waals surface area contributed by atoms with Crippen LogP contribution >= 0.6 is 0 Å². The average Bonchev–Trinajstić information content (AvgIpc) is 3.02. The molecule has 0 aliphatic carbocycles. The van der Waals surface area contributed by atoms with Gasteiger partial charge >= 0.3 is 0 Å². The molecule has 1 aromatic heterocycles. The first-order valence-corrected chi connectivity index (χ1v) is 7.40. The van der Waals surface area contributed by atoms with Crippen LogP contribution in [0.2, 0.25) is 0 Å². The fourth-order valence-electron chi connectivity index (χ4n) is 2.47. The zero-order valence-electron chi connectivity index (χ0n) is 12.4. The quantitative estimate of drug-likeness (QED) is 0.809. The van der Waals surface area contributed by atoms with E-state index in [0.29, 0.717) is 0 Å². The molecule has 0 radical (unpaired) electrons. The Hall–Kier alpha value is -2.07. The molecular weight excluding hydrogens is 262 g/mol. The van der Waals surface area contributed by atoms with Gasteiger partial charge in [0.1, 0.15) is 5.76 Å². The van der Waals surface area contributed by atoms with Gasteiger partial charge < -0.3 is 4.42 Å². The molecule has 2 heterocycles. The SMILES string of the molecule is Cc1ccc(CN2CCN(/N=C\c3ccco3)CC2)cc1. The van der Waals surface area contributed by atoms with E-state index < -0.39 is 0 Å². The Bertz CT molecular complexity index is 567. The Morgan fingerprint density at radius 3 is 2.52 bits per heavy atom. The van der Waals surface area contributed by atoms with Gasteiger partial charge in [-0.15, -0.1) is 0 Å². The molecule has 1 aliphatic heterocycles. The van der Waals surface area contributed by atoms with Crippen LogP contribution in [0.15, 0.2) is 52.2 Å². The molecule has 1 aliphatic rings. The van der Waals surface area contributed by atoms with E-state index in [-0.39, 0.29) is 0 Å². The zero-order valence-corrected chi connectivity index (χ0v) is 12.4. The third-order valence-corrected chi connectivity index (χ3v) is 3.77. The topological polar surface area (TPSA) is 32.0 Å². The predicted molar refractivity (Wildman–Crippen MR) is 84.3 cm³/mol. The molecule has 0 atom stereocenters. The first-order chi connectivity index (χ1) is 10.3. The fraction of sp³-hybridized carbons (Fsp3) is 0.353. The molecule has 2 aromatic rings. The number of hydrogen-bond donors (Lipinski definition) is 0. The van der Waals surface area contributed by atoms with Gasteiger partial charge in [-0.2, -0.15) is 5.10 Å². The predicted octanol–water partition coefficient (Wildman–Crippen LogP) is 2.74. The average molecular weight is 283 g/mol. The van der Waals surface area contributed by atoms with Crippen LogP contribution in [-0.2, 0) is 6.54 Å². The molecule has 1 fully saturated rings. The lowest BCUT2D eigenvalue weighted by atomic mass is 10.1. The normalized spacial score (nSPS) is 16.7. The fourth-order valence-corrected chi connectivity index (χ4v) is 2.47. The van der Waals surface area contributed by atoms with Gasteiger partial charge in [0.25, 0.3) is 0 Å². The van der Waals surface area contributed by atoms with Crippen molar-refractivity contribution >= 4 is 6.21 Å². The Balaban J connectivity index is 1.47. The molecule has 0 spiro atoms. The van der Waals surface area contributed by atoms with Gasteiger partial charge in [0.05, 0.1) is 12.5 Å². The summed E-state index contributed by atoms with van der Waals surface area (Å²) < 4.78 is 5.25. The molecule has 3 rings (SSSR count). The summed E-state index contributed by atoms with van der Waals surface area (Å²) in [5.41, 5.74) is 2.70. The maximum absolute atomic E-state index is 5.25. The lowest BCUT2D eigenvalue weighted by Gasteiger charge is -2.33. The molecule has 0 unspecified atom stereocenters. The molecule has 0 saturated carbocycles. The highest BCUT2D eigenvalue weighted by atomic mass is 16.3. The molecule has 110 valence electrons. The Morgan fingerprint density at radius 1 is 1.10 bits per heavy atom. The number of furan rings is 1. The van der Waals surface area contributed by atoms with Crippen LogP contribution in [0.4, 0.5) is 0 Å². The molecule has 0 bridgehead atoms. The summed E-state index contributed by atoms with van der Waals surface area (Å²) in [5.74, 6) is 0.803. The summed E-state index contributed by atoms with van der Waals surface area (Å²) in [4.78, 5) is 2.48. The first kappa shape index (κ1) is 13.9. The first-order valence-electron chi connectivity index (χ1n) is 7.40. The summed E-state index contributed by atoms with van der Waals surface area (Å²) in [7, 11) is 0. The maximum atomic E-state index is 5.25. The molecular formula is C17H21N3O. The summed E-state index contributed by atoms with van der Waals surface area (Å²) >= 11 is 0. The molecule has 0 N–H and O–H groups in total. The molecule has 1 aromatic carbocycles. The minimum absolute atomic E-state index is 0.803. The van der Waals surface area contributed by atoms with Crippen LogP contribution in [-0.4, -0.2) is 42.3 Å². The molecule has 21 heavy (non-hydrogen) atoms. The number of aryl methyl sites for hydroxylation is 1. The van der Waals surface area contributed by atoms with Crippen molar-refractivity contribution in [2.24, 2.45) is 5.10 Å². The standard InChI is InChI=1S/C17H21N3O/c1-15-4-6-16(7-5-15)14-19-8-10-20(11-9-19)18-13-17-3-2-12-21-17/h2-7,12-13H,8-11,14H2,1H3/b18-13-. The van der Waals surface area contributed by atoms with Crippen molar-refractivity contribution in [2.75, 3.05) is 26.2 Å². The lowest BCUT2D eigenvalue weighted by molar-refractivity contribution is 0.131. The summed E-state index contributed by atoms with van der Waals surface area (Å²) in [6, 6.07) is 12.6. The second-order valence-corrected chi connectivity index (χ2v) is 5.48.